The van der Waals surface area contributed by atoms with Crippen LogP contribution in [0.5, 0.6) is 0 Å². The predicted molar refractivity (Wildman–Crippen MR) is 141 cm³/mol. The normalized spacial score (nSPS) is 15.3. The van der Waals surface area contributed by atoms with Gasteiger partial charge in [0.25, 0.3) is 0 Å². The van der Waals surface area contributed by atoms with Crippen molar-refractivity contribution in [3.05, 3.63) is 47.9 Å². The van der Waals surface area contributed by atoms with E-state index in [1.54, 1.807) is 0 Å². The highest BCUT2D eigenvalue weighted by atomic mass is 28.3. The van der Waals surface area contributed by atoms with E-state index in [0.29, 0.717) is 19.3 Å². The van der Waals surface area contributed by atoms with E-state index in [4.69, 9.17) is 14.5 Å². The van der Waals surface area contributed by atoms with Gasteiger partial charge in [-0.05, 0) is 48.1 Å². The molecule has 0 spiro atoms. The van der Waals surface area contributed by atoms with E-state index >= 15 is 0 Å². The first-order valence-electron chi connectivity index (χ1n) is 12.5. The highest BCUT2D eigenvalue weighted by molar-refractivity contribution is 6.76. The van der Waals surface area contributed by atoms with Gasteiger partial charge in [0.1, 0.15) is 13.3 Å². The summed E-state index contributed by atoms with van der Waals surface area (Å²) in [5, 5.41) is 1.28. The number of hydrogen-bond acceptors (Lipinski definition) is 4. The Hall–Kier alpha value is -2.19. The van der Waals surface area contributed by atoms with Gasteiger partial charge in [-0.15, -0.1) is 0 Å². The molecule has 3 aromatic rings. The van der Waals surface area contributed by atoms with Gasteiger partial charge in [0.2, 0.25) is 0 Å². The lowest BCUT2D eigenvalue weighted by Crippen LogP contribution is -2.22. The first-order chi connectivity index (χ1) is 16.4. The molecular formula is C27H39N3O3Si. The van der Waals surface area contributed by atoms with Crippen LogP contribution in [0.3, 0.4) is 0 Å². The van der Waals surface area contributed by atoms with Crippen LogP contribution < -0.4 is 0 Å². The topological polar surface area (TPSA) is 61.3 Å². The number of nitrogens with one attached hydrogen (secondary N) is 1. The summed E-state index contributed by atoms with van der Waals surface area (Å²) in [6, 6.07) is 7.68. The largest absolute Gasteiger partial charge is 0.361 e. The van der Waals surface area contributed by atoms with Gasteiger partial charge in [0, 0.05) is 25.6 Å². The van der Waals surface area contributed by atoms with Gasteiger partial charge < -0.3 is 14.3 Å². The molecule has 1 aliphatic rings. The molecule has 1 N–H and O–H groups in total. The zero-order valence-electron chi connectivity index (χ0n) is 21.2. The van der Waals surface area contributed by atoms with Gasteiger partial charge >= 0.3 is 0 Å². The van der Waals surface area contributed by atoms with E-state index in [1.165, 1.54) is 50.2 Å². The van der Waals surface area contributed by atoms with Crippen LogP contribution in [0.1, 0.15) is 54.8 Å². The lowest BCUT2D eigenvalue weighted by atomic mass is 9.82. The number of fused-ring (bicyclic) bond motifs is 1. The summed E-state index contributed by atoms with van der Waals surface area (Å²) in [7, 11) is 0.403. The van der Waals surface area contributed by atoms with Gasteiger partial charge in [-0.3, -0.25) is 0 Å². The molecule has 2 aromatic heterocycles. The van der Waals surface area contributed by atoms with Crippen molar-refractivity contribution in [2.24, 2.45) is 0 Å². The maximum absolute atomic E-state index is 6.12. The van der Waals surface area contributed by atoms with Crippen LogP contribution in [0, 0.1) is 0 Å². The molecule has 0 radical (unpaired) electrons. The number of hydrogen-bond donors (Lipinski definition) is 1. The van der Waals surface area contributed by atoms with Crippen molar-refractivity contribution in [3.63, 3.8) is 0 Å². The Bertz CT molecular complexity index is 1110. The minimum Gasteiger partial charge on any atom is -0.361 e. The number of benzene rings is 1. The Morgan fingerprint density at radius 1 is 1.21 bits per heavy atom. The summed E-state index contributed by atoms with van der Waals surface area (Å²) in [4.78, 5) is 18.4. The zero-order chi connectivity index (χ0) is 24.1. The van der Waals surface area contributed by atoms with Crippen LogP contribution in [-0.2, 0) is 27.8 Å². The number of H-pyrrole nitrogens is 1. The van der Waals surface area contributed by atoms with Gasteiger partial charge in [-0.2, -0.15) is 0 Å². The maximum atomic E-state index is 6.12. The van der Waals surface area contributed by atoms with E-state index in [2.05, 4.69) is 59.0 Å². The third-order valence-corrected chi connectivity index (χ3v) is 8.49. The van der Waals surface area contributed by atoms with E-state index in [0.717, 1.165) is 40.8 Å². The first-order valence-corrected chi connectivity index (χ1v) is 16.2. The highest BCUT2D eigenvalue weighted by Crippen LogP contribution is 2.43. The second-order valence-electron chi connectivity index (χ2n) is 10.6. The van der Waals surface area contributed by atoms with Crippen molar-refractivity contribution in [1.82, 2.24) is 14.5 Å². The second kappa shape index (κ2) is 11.0. The van der Waals surface area contributed by atoms with Crippen LogP contribution in [0.4, 0.5) is 0 Å². The number of ether oxygens (including phenoxy) is 1. The third-order valence-electron chi connectivity index (χ3n) is 6.78. The van der Waals surface area contributed by atoms with Crippen molar-refractivity contribution in [3.8, 4) is 11.4 Å². The minimum absolute atomic E-state index is 0.417. The molecule has 4 rings (SSSR count). The molecule has 184 valence electrons. The molecule has 1 aliphatic carbocycles. The fourth-order valence-electron chi connectivity index (χ4n) is 4.94. The number of rotatable bonds is 11. The van der Waals surface area contributed by atoms with Crippen LogP contribution in [0.2, 0.25) is 25.7 Å². The average Bonchev–Trinajstić information content (AvgIpc) is 3.40. The Labute approximate surface area is 204 Å². The van der Waals surface area contributed by atoms with E-state index < -0.39 is 8.07 Å². The van der Waals surface area contributed by atoms with E-state index in [9.17, 15) is 0 Å². The SMILES string of the molecule is C=Cc1ncn(COCC[Si](C)(C)C)c1-c1[nH]c2cc(COOC)ccc2c1C1CCCCC1. The van der Waals surface area contributed by atoms with Crippen molar-refractivity contribution in [1.29, 1.82) is 0 Å². The maximum Gasteiger partial charge on any atom is 0.124 e. The van der Waals surface area contributed by atoms with Crippen molar-refractivity contribution >= 4 is 25.1 Å². The quantitative estimate of drug-likeness (QED) is 0.137. The molecule has 0 atom stereocenters. The van der Waals surface area contributed by atoms with Gasteiger partial charge in [0.15, 0.2) is 0 Å². The standard InChI is InChI=1S/C27H39N3O3Si/c1-6-23-27(30(18-28-23)19-32-14-15-34(3,4)5)26-25(21-10-8-7-9-11-21)22-13-12-20(17-33-31-2)16-24(22)29-26/h6,12-13,16,18,21,29H,1,7-11,14-15,17,19H2,2-5H3. The summed E-state index contributed by atoms with van der Waals surface area (Å²) in [6.45, 7) is 12.9. The number of aromatic amines is 1. The second-order valence-corrected chi connectivity index (χ2v) is 16.2. The molecule has 34 heavy (non-hydrogen) atoms. The molecular weight excluding hydrogens is 442 g/mol. The highest BCUT2D eigenvalue weighted by Gasteiger charge is 2.26. The fourth-order valence-corrected chi connectivity index (χ4v) is 5.70. The molecule has 0 unspecified atom stereocenters. The molecule has 1 aromatic carbocycles. The molecule has 1 fully saturated rings. The molecule has 1 saturated carbocycles. The molecule has 0 aliphatic heterocycles. The van der Waals surface area contributed by atoms with Gasteiger partial charge in [0.05, 0.1) is 30.5 Å². The Kier molecular flexibility index (Phi) is 8.09. The molecule has 0 bridgehead atoms. The van der Waals surface area contributed by atoms with Crippen molar-refractivity contribution < 1.29 is 14.5 Å². The summed E-state index contributed by atoms with van der Waals surface area (Å²) in [5.41, 5.74) is 6.70. The zero-order valence-corrected chi connectivity index (χ0v) is 22.2. The number of aromatic nitrogens is 3. The van der Waals surface area contributed by atoms with Crippen molar-refractivity contribution in [2.45, 2.75) is 77.0 Å². The molecule has 6 nitrogen and oxygen atoms in total. The Morgan fingerprint density at radius 3 is 2.71 bits per heavy atom. The summed E-state index contributed by atoms with van der Waals surface area (Å²) >= 11 is 0. The van der Waals surface area contributed by atoms with Crippen molar-refractivity contribution in [2.75, 3.05) is 13.7 Å². The fraction of sp³-hybridized carbons (Fsp3) is 0.519. The minimum atomic E-state index is -1.13. The lowest BCUT2D eigenvalue weighted by molar-refractivity contribution is -0.282. The summed E-state index contributed by atoms with van der Waals surface area (Å²) in [5.74, 6) is 0.535. The molecule has 7 heteroatoms. The molecule has 2 heterocycles. The van der Waals surface area contributed by atoms with Gasteiger partial charge in [-0.25, -0.2) is 14.8 Å². The predicted octanol–water partition coefficient (Wildman–Crippen LogP) is 7.11. The van der Waals surface area contributed by atoms with Crippen LogP contribution >= 0.6 is 0 Å². The number of imidazole rings is 1. The smallest absolute Gasteiger partial charge is 0.124 e. The lowest BCUT2D eigenvalue weighted by Gasteiger charge is -2.23. The number of nitrogens with zero attached hydrogens (tertiary/aromatic N) is 2. The molecule has 0 amide bonds. The third kappa shape index (κ3) is 5.71. The Balaban J connectivity index is 1.74. The summed E-state index contributed by atoms with van der Waals surface area (Å²) in [6.07, 6.45) is 10.1. The van der Waals surface area contributed by atoms with Crippen LogP contribution in [-0.4, -0.2) is 36.3 Å². The molecule has 0 saturated heterocycles. The first kappa shape index (κ1) is 24.9. The van der Waals surface area contributed by atoms with Crippen LogP contribution in [0.25, 0.3) is 28.4 Å². The van der Waals surface area contributed by atoms with Crippen LogP contribution in [0.15, 0.2) is 31.1 Å². The Morgan fingerprint density at radius 2 is 2.00 bits per heavy atom. The average molecular weight is 482 g/mol. The van der Waals surface area contributed by atoms with Gasteiger partial charge in [-0.1, -0.05) is 57.6 Å². The van der Waals surface area contributed by atoms with E-state index in [1.807, 2.05) is 12.4 Å². The summed E-state index contributed by atoms with van der Waals surface area (Å²) < 4.78 is 8.25. The monoisotopic (exact) mass is 481 g/mol. The van der Waals surface area contributed by atoms with E-state index in [-0.39, 0.29) is 0 Å².